The van der Waals surface area contributed by atoms with E-state index in [1.807, 2.05) is 50.4 Å². The summed E-state index contributed by atoms with van der Waals surface area (Å²) in [6, 6.07) is 19.6. The van der Waals surface area contributed by atoms with Crippen molar-refractivity contribution in [2.45, 2.75) is 64.1 Å². The fourth-order valence-corrected chi connectivity index (χ4v) is 10.8. The van der Waals surface area contributed by atoms with Crippen molar-refractivity contribution in [3.8, 4) is 39.0 Å². The lowest BCUT2D eigenvalue weighted by Gasteiger charge is -2.50. The highest BCUT2D eigenvalue weighted by Crippen LogP contribution is 2.45. The number of nitrogens with one attached hydrogen (secondary N) is 1. The molecule has 1 aliphatic rings. The van der Waals surface area contributed by atoms with Crippen molar-refractivity contribution < 1.29 is 10.0 Å². The molecule has 5 aromatic rings. The first-order valence-corrected chi connectivity index (χ1v) is 17.5. The molecule has 5 aromatic heterocycles. The van der Waals surface area contributed by atoms with Gasteiger partial charge in [0.25, 0.3) is 0 Å². The number of hydroxylamine groups is 2. The van der Waals surface area contributed by atoms with Gasteiger partial charge in [0.05, 0.1) is 6.42 Å². The van der Waals surface area contributed by atoms with Gasteiger partial charge in [-0.1, -0.05) is 6.07 Å². The highest BCUT2D eigenvalue weighted by atomic mass is 32.1. The summed E-state index contributed by atoms with van der Waals surface area (Å²) in [5.41, 5.74) is 0.0539. The summed E-state index contributed by atoms with van der Waals surface area (Å²) in [6.45, 7) is 7.85. The minimum atomic E-state index is -0.502. The van der Waals surface area contributed by atoms with E-state index in [-0.39, 0.29) is 11.9 Å². The fourth-order valence-electron chi connectivity index (χ4n) is 5.72. The molecule has 9 heteroatoms. The standard InChI is InChI=1S/C31H31N2O2S5/c1-30(2)17-20(18-31(3,4)33(30)35)32-28(34)16-19-13-15-37-29(19)27-12-11-26(40-27)25-10-9-24(39-25)23-8-7-22(38-23)21-6-5-14-36-21/h5-15,20H,16-18H2,1-4H3,(H,32,34). The van der Waals surface area contributed by atoms with E-state index in [1.165, 1.54) is 39.2 Å². The topological polar surface area (TPSA) is 52.2 Å². The Hall–Kier alpha value is -2.11. The van der Waals surface area contributed by atoms with Crippen molar-refractivity contribution in [1.82, 2.24) is 10.4 Å². The van der Waals surface area contributed by atoms with Gasteiger partial charge in [-0.05, 0) is 105 Å². The molecule has 1 amide bonds. The summed E-state index contributed by atoms with van der Waals surface area (Å²) in [7, 11) is 0. The molecular formula is C31H31N2O2S5. The van der Waals surface area contributed by atoms with Gasteiger partial charge in [-0.25, -0.2) is 0 Å². The lowest BCUT2D eigenvalue weighted by Crippen LogP contribution is -2.62. The third-order valence-corrected chi connectivity index (χ3v) is 13.2. The average Bonchev–Trinajstić information content (AvgIpc) is 3.71. The van der Waals surface area contributed by atoms with Crippen molar-refractivity contribution in [1.29, 1.82) is 0 Å². The number of nitrogens with zero attached hydrogens (tertiary/aromatic N) is 1. The number of thiophene rings is 5. The predicted molar refractivity (Wildman–Crippen MR) is 173 cm³/mol. The molecule has 0 unspecified atom stereocenters. The van der Waals surface area contributed by atoms with E-state index in [1.54, 1.807) is 34.0 Å². The number of amides is 1. The second kappa shape index (κ2) is 10.9. The SMILES string of the molecule is CC1(C)CC(NC(=O)Cc2ccsc2-c2ccc(-c3ccc(-c4ccc(-c5cccs5)s4)s3)s2)CC(C)(C)N1[O]. The molecule has 1 saturated heterocycles. The van der Waals surface area contributed by atoms with E-state index >= 15 is 0 Å². The van der Waals surface area contributed by atoms with Crippen LogP contribution in [0.15, 0.2) is 65.4 Å². The normalized spacial score (nSPS) is 17.3. The van der Waals surface area contributed by atoms with Gasteiger partial charge in [0.1, 0.15) is 0 Å². The molecule has 40 heavy (non-hydrogen) atoms. The van der Waals surface area contributed by atoms with Crippen LogP contribution in [-0.4, -0.2) is 28.1 Å². The molecule has 4 nitrogen and oxygen atoms in total. The Morgan fingerprint density at radius 1 is 0.750 bits per heavy atom. The molecule has 6 heterocycles. The van der Waals surface area contributed by atoms with E-state index in [4.69, 9.17) is 0 Å². The monoisotopic (exact) mass is 623 g/mol. The lowest BCUT2D eigenvalue weighted by atomic mass is 9.79. The number of carbonyl (C=O) groups excluding carboxylic acids is 1. The first-order chi connectivity index (χ1) is 19.1. The Morgan fingerprint density at radius 3 is 1.82 bits per heavy atom. The van der Waals surface area contributed by atoms with Gasteiger partial charge < -0.3 is 5.32 Å². The minimum Gasteiger partial charge on any atom is -0.353 e. The van der Waals surface area contributed by atoms with E-state index in [9.17, 15) is 10.0 Å². The first kappa shape index (κ1) is 28.0. The molecule has 1 radical (unpaired) electrons. The quantitative estimate of drug-likeness (QED) is 0.196. The van der Waals surface area contributed by atoms with Gasteiger partial charge in [0.15, 0.2) is 0 Å². The van der Waals surface area contributed by atoms with Gasteiger partial charge in [-0.15, -0.1) is 67.0 Å². The van der Waals surface area contributed by atoms with Crippen LogP contribution < -0.4 is 5.32 Å². The van der Waals surface area contributed by atoms with Gasteiger partial charge in [-0.2, -0.15) is 0 Å². The molecular weight excluding hydrogens is 593 g/mol. The third-order valence-electron chi connectivity index (χ3n) is 7.35. The second-order valence-electron chi connectivity index (χ2n) is 11.5. The smallest absolute Gasteiger partial charge is 0.224 e. The summed E-state index contributed by atoms with van der Waals surface area (Å²) < 4.78 is 0. The summed E-state index contributed by atoms with van der Waals surface area (Å²) in [4.78, 5) is 23.2. The zero-order valence-corrected chi connectivity index (χ0v) is 26.9. The number of rotatable bonds is 7. The maximum atomic E-state index is 13.1. The van der Waals surface area contributed by atoms with E-state index in [0.29, 0.717) is 19.3 Å². The Balaban J connectivity index is 1.14. The van der Waals surface area contributed by atoms with E-state index in [0.717, 1.165) is 10.4 Å². The van der Waals surface area contributed by atoms with Crippen LogP contribution in [0.25, 0.3) is 39.0 Å². The van der Waals surface area contributed by atoms with Gasteiger partial charge >= 0.3 is 0 Å². The summed E-state index contributed by atoms with van der Waals surface area (Å²) in [5, 5.41) is 21.3. The van der Waals surface area contributed by atoms with Crippen LogP contribution in [0.5, 0.6) is 0 Å². The zero-order chi connectivity index (χ0) is 28.1. The molecule has 0 spiro atoms. The summed E-state index contributed by atoms with van der Waals surface area (Å²) in [5.74, 6) is 0.0214. The van der Waals surface area contributed by atoms with Crippen LogP contribution in [0.1, 0.15) is 46.1 Å². The largest absolute Gasteiger partial charge is 0.353 e. The molecule has 0 bridgehead atoms. The highest BCUT2D eigenvalue weighted by molar-refractivity contribution is 7.29. The molecule has 1 aliphatic heterocycles. The molecule has 1 fully saturated rings. The molecule has 0 aromatic carbocycles. The third kappa shape index (κ3) is 5.66. The average molecular weight is 624 g/mol. The lowest BCUT2D eigenvalue weighted by molar-refractivity contribution is -0.290. The number of hydrogen-bond donors (Lipinski definition) is 1. The van der Waals surface area contributed by atoms with Crippen molar-refractivity contribution in [2.24, 2.45) is 0 Å². The molecule has 0 aliphatic carbocycles. The van der Waals surface area contributed by atoms with Gasteiger partial charge in [-0.3, -0.25) is 4.79 Å². The van der Waals surface area contributed by atoms with Crippen LogP contribution in [0.3, 0.4) is 0 Å². The highest BCUT2D eigenvalue weighted by Gasteiger charge is 2.46. The Bertz CT molecular complexity index is 1600. The molecule has 1 N–H and O–H groups in total. The molecule has 0 saturated carbocycles. The molecule has 6 rings (SSSR count). The van der Waals surface area contributed by atoms with Crippen molar-refractivity contribution in [3.63, 3.8) is 0 Å². The Kier molecular flexibility index (Phi) is 7.67. The van der Waals surface area contributed by atoms with Crippen LogP contribution in [-0.2, 0) is 16.4 Å². The van der Waals surface area contributed by atoms with Gasteiger partial charge in [0.2, 0.25) is 5.91 Å². The molecule has 207 valence electrons. The van der Waals surface area contributed by atoms with Gasteiger partial charge in [0, 0.05) is 56.1 Å². The zero-order valence-electron chi connectivity index (χ0n) is 22.9. The maximum Gasteiger partial charge on any atom is 0.224 e. The van der Waals surface area contributed by atoms with E-state index < -0.39 is 11.1 Å². The first-order valence-electron chi connectivity index (χ1n) is 13.3. The number of piperidine rings is 1. The van der Waals surface area contributed by atoms with E-state index in [2.05, 4.69) is 70.7 Å². The van der Waals surface area contributed by atoms with Crippen LogP contribution >= 0.6 is 56.7 Å². The van der Waals surface area contributed by atoms with Crippen LogP contribution in [0.4, 0.5) is 0 Å². The minimum absolute atomic E-state index is 0.00381. The molecule has 0 atom stereocenters. The fraction of sp³-hybridized carbons (Fsp3) is 0.323. The maximum absolute atomic E-state index is 13.1. The predicted octanol–water partition coefficient (Wildman–Crippen LogP) is 9.69. The summed E-state index contributed by atoms with van der Waals surface area (Å²) >= 11 is 8.93. The Morgan fingerprint density at radius 2 is 1.27 bits per heavy atom. The summed E-state index contributed by atoms with van der Waals surface area (Å²) in [6.07, 6.45) is 1.65. The second-order valence-corrected chi connectivity index (χ2v) is 16.6. The number of hydrogen-bond acceptors (Lipinski definition) is 7. The van der Waals surface area contributed by atoms with Crippen molar-refractivity contribution in [2.75, 3.05) is 0 Å². The van der Waals surface area contributed by atoms with Crippen LogP contribution in [0, 0.1) is 0 Å². The number of carbonyl (C=O) groups is 1. The van der Waals surface area contributed by atoms with Crippen LogP contribution in [0.2, 0.25) is 0 Å². The van der Waals surface area contributed by atoms with Crippen molar-refractivity contribution >= 4 is 62.6 Å². The Labute approximate surface area is 255 Å². The van der Waals surface area contributed by atoms with Crippen molar-refractivity contribution in [3.05, 3.63) is 70.9 Å².